The third kappa shape index (κ3) is 3.31. The standard InChI is InChI=1S/C24H19IO4/c25-17-7-5-16(6-8-17)21(27)15-22-19-3-1-2-4-20(19)24(28-22)14-13-23(29-24)11-9-18(26)10-12-23/h1-12,22H,13-15H2/t22-,24-/m1/s1. The summed E-state index contributed by atoms with van der Waals surface area (Å²) in [7, 11) is 0. The average Bonchev–Trinajstić information content (AvgIpc) is 3.24. The molecule has 1 aliphatic carbocycles. The molecule has 0 radical (unpaired) electrons. The normalized spacial score (nSPS) is 26.4. The Bertz CT molecular complexity index is 1040. The van der Waals surface area contributed by atoms with Crippen molar-refractivity contribution in [2.75, 3.05) is 0 Å². The molecule has 146 valence electrons. The fourth-order valence-electron chi connectivity index (χ4n) is 4.39. The summed E-state index contributed by atoms with van der Waals surface area (Å²) in [6.07, 6.45) is 8.04. The third-order valence-electron chi connectivity index (χ3n) is 5.85. The van der Waals surface area contributed by atoms with E-state index in [1.807, 2.05) is 60.7 Å². The van der Waals surface area contributed by atoms with E-state index < -0.39 is 11.4 Å². The minimum absolute atomic E-state index is 0.0334. The molecule has 2 atom stereocenters. The first-order valence-electron chi connectivity index (χ1n) is 9.67. The number of ketones is 2. The van der Waals surface area contributed by atoms with Crippen LogP contribution in [0.5, 0.6) is 0 Å². The van der Waals surface area contributed by atoms with Crippen LogP contribution < -0.4 is 0 Å². The van der Waals surface area contributed by atoms with Gasteiger partial charge in [-0.2, -0.15) is 0 Å². The Hall–Kier alpha value is -2.09. The van der Waals surface area contributed by atoms with Crippen LogP contribution >= 0.6 is 22.6 Å². The zero-order valence-corrected chi connectivity index (χ0v) is 17.8. The Balaban J connectivity index is 1.43. The molecule has 5 rings (SSSR count). The number of benzene rings is 2. The molecule has 3 aliphatic rings. The minimum atomic E-state index is -0.886. The van der Waals surface area contributed by atoms with E-state index in [0.29, 0.717) is 12.0 Å². The summed E-state index contributed by atoms with van der Waals surface area (Å²) in [5.74, 6) is -0.870. The fourth-order valence-corrected chi connectivity index (χ4v) is 4.75. The van der Waals surface area contributed by atoms with Gasteiger partial charge < -0.3 is 9.47 Å². The lowest BCUT2D eigenvalue weighted by molar-refractivity contribution is -0.250. The van der Waals surface area contributed by atoms with Gasteiger partial charge in [-0.3, -0.25) is 9.59 Å². The highest BCUT2D eigenvalue weighted by Gasteiger charge is 2.55. The third-order valence-corrected chi connectivity index (χ3v) is 6.57. The second-order valence-electron chi connectivity index (χ2n) is 7.71. The summed E-state index contributed by atoms with van der Waals surface area (Å²) in [4.78, 5) is 24.4. The summed E-state index contributed by atoms with van der Waals surface area (Å²) < 4.78 is 14.0. The van der Waals surface area contributed by atoms with E-state index in [2.05, 4.69) is 22.6 Å². The molecule has 0 saturated carbocycles. The van der Waals surface area contributed by atoms with Gasteiger partial charge in [0.2, 0.25) is 0 Å². The van der Waals surface area contributed by atoms with Crippen molar-refractivity contribution in [3.8, 4) is 0 Å². The van der Waals surface area contributed by atoms with E-state index in [9.17, 15) is 9.59 Å². The fraction of sp³-hybridized carbons (Fsp3) is 0.250. The highest BCUT2D eigenvalue weighted by molar-refractivity contribution is 14.1. The van der Waals surface area contributed by atoms with Gasteiger partial charge >= 0.3 is 0 Å². The van der Waals surface area contributed by atoms with Gasteiger partial charge in [0.25, 0.3) is 0 Å². The van der Waals surface area contributed by atoms with Crippen molar-refractivity contribution >= 4 is 34.2 Å². The van der Waals surface area contributed by atoms with Gasteiger partial charge in [-0.05, 0) is 71.0 Å². The first kappa shape index (κ1) is 18.9. The quantitative estimate of drug-likeness (QED) is 0.440. The number of fused-ring (bicyclic) bond motifs is 2. The number of rotatable bonds is 3. The zero-order valence-electron chi connectivity index (χ0n) is 15.6. The van der Waals surface area contributed by atoms with Crippen molar-refractivity contribution in [3.05, 3.63) is 93.1 Å². The van der Waals surface area contributed by atoms with E-state index in [-0.39, 0.29) is 24.1 Å². The minimum Gasteiger partial charge on any atom is -0.337 e. The molecule has 2 aliphatic heterocycles. The molecule has 2 heterocycles. The molecule has 1 saturated heterocycles. The van der Waals surface area contributed by atoms with Crippen LogP contribution in [0.2, 0.25) is 0 Å². The molecular weight excluding hydrogens is 479 g/mol. The van der Waals surface area contributed by atoms with E-state index in [4.69, 9.17) is 9.47 Å². The average molecular weight is 498 g/mol. The number of hydrogen-bond donors (Lipinski definition) is 0. The second kappa shape index (κ2) is 7.00. The van der Waals surface area contributed by atoms with Crippen LogP contribution in [0, 0.1) is 3.57 Å². The van der Waals surface area contributed by atoms with Crippen molar-refractivity contribution in [2.24, 2.45) is 0 Å². The number of hydrogen-bond acceptors (Lipinski definition) is 4. The largest absolute Gasteiger partial charge is 0.337 e. The predicted octanol–water partition coefficient (Wildman–Crippen LogP) is 5.03. The van der Waals surface area contributed by atoms with E-state index in [1.165, 1.54) is 0 Å². The number of allylic oxidation sites excluding steroid dienone is 2. The lowest BCUT2D eigenvalue weighted by atomic mass is 9.92. The van der Waals surface area contributed by atoms with Crippen molar-refractivity contribution in [1.29, 1.82) is 0 Å². The van der Waals surface area contributed by atoms with Crippen LogP contribution in [0.3, 0.4) is 0 Å². The zero-order chi connectivity index (χ0) is 20.1. The number of ether oxygens (including phenoxy) is 2. The molecule has 2 spiro atoms. The molecule has 0 amide bonds. The van der Waals surface area contributed by atoms with Crippen molar-refractivity contribution < 1.29 is 19.1 Å². The van der Waals surface area contributed by atoms with Crippen LogP contribution in [0.25, 0.3) is 0 Å². The Labute approximate surface area is 182 Å². The molecule has 1 fully saturated rings. The number of Topliss-reactive ketones (excluding diaryl/α,β-unsaturated/α-hetero) is 1. The maximum Gasteiger partial charge on any atom is 0.197 e. The van der Waals surface area contributed by atoms with Crippen molar-refractivity contribution in [1.82, 2.24) is 0 Å². The van der Waals surface area contributed by atoms with Gasteiger partial charge in [-0.25, -0.2) is 0 Å². The van der Waals surface area contributed by atoms with Crippen LogP contribution in [-0.4, -0.2) is 17.2 Å². The molecular formula is C24H19IO4. The lowest BCUT2D eigenvalue weighted by Crippen LogP contribution is -2.32. The van der Waals surface area contributed by atoms with Crippen LogP contribution in [0.1, 0.15) is 46.9 Å². The van der Waals surface area contributed by atoms with Gasteiger partial charge in [0, 0.05) is 27.5 Å². The topological polar surface area (TPSA) is 52.6 Å². The Morgan fingerprint density at radius 2 is 1.76 bits per heavy atom. The smallest absolute Gasteiger partial charge is 0.197 e. The molecule has 2 aromatic carbocycles. The Morgan fingerprint density at radius 3 is 2.52 bits per heavy atom. The lowest BCUT2D eigenvalue weighted by Gasteiger charge is -2.30. The van der Waals surface area contributed by atoms with E-state index >= 15 is 0 Å². The summed E-state index contributed by atoms with van der Waals surface area (Å²) in [5.41, 5.74) is 2.04. The molecule has 0 aromatic heterocycles. The number of carbonyl (C=O) groups excluding carboxylic acids is 2. The Morgan fingerprint density at radius 1 is 1.03 bits per heavy atom. The first-order chi connectivity index (χ1) is 14.0. The second-order valence-corrected chi connectivity index (χ2v) is 8.95. The molecule has 5 heteroatoms. The summed E-state index contributed by atoms with van der Waals surface area (Å²) in [6.45, 7) is 0. The van der Waals surface area contributed by atoms with Crippen LogP contribution in [0.4, 0.5) is 0 Å². The molecule has 29 heavy (non-hydrogen) atoms. The van der Waals surface area contributed by atoms with Gasteiger partial charge in [0.05, 0.1) is 6.10 Å². The highest BCUT2D eigenvalue weighted by Crippen LogP contribution is 2.55. The van der Waals surface area contributed by atoms with Gasteiger partial charge in [0.15, 0.2) is 17.4 Å². The number of halogens is 1. The highest BCUT2D eigenvalue weighted by atomic mass is 127. The first-order valence-corrected chi connectivity index (χ1v) is 10.8. The van der Waals surface area contributed by atoms with Crippen LogP contribution in [-0.2, 0) is 20.1 Å². The van der Waals surface area contributed by atoms with Crippen molar-refractivity contribution in [3.63, 3.8) is 0 Å². The Kier molecular flexibility index (Phi) is 4.57. The van der Waals surface area contributed by atoms with E-state index in [1.54, 1.807) is 12.2 Å². The molecule has 2 aromatic rings. The predicted molar refractivity (Wildman–Crippen MR) is 116 cm³/mol. The molecule has 0 unspecified atom stereocenters. The van der Waals surface area contributed by atoms with Crippen molar-refractivity contribution in [2.45, 2.75) is 36.8 Å². The number of carbonyl (C=O) groups is 2. The van der Waals surface area contributed by atoms with Gasteiger partial charge in [-0.15, -0.1) is 0 Å². The van der Waals surface area contributed by atoms with Crippen LogP contribution in [0.15, 0.2) is 72.8 Å². The SMILES string of the molecule is O=C1C=CC2(C=C1)CC[C@@]1(O[C@H](CC(=O)c3ccc(I)cc3)c3ccccc31)O2. The summed E-state index contributed by atoms with van der Waals surface area (Å²) in [6, 6.07) is 15.6. The monoisotopic (exact) mass is 498 g/mol. The van der Waals surface area contributed by atoms with Gasteiger partial charge in [-0.1, -0.05) is 36.4 Å². The maximum absolute atomic E-state index is 12.9. The molecule has 4 nitrogen and oxygen atoms in total. The van der Waals surface area contributed by atoms with E-state index in [0.717, 1.165) is 21.1 Å². The molecule has 0 bridgehead atoms. The summed E-state index contributed by atoms with van der Waals surface area (Å²) >= 11 is 2.23. The molecule has 0 N–H and O–H groups in total. The summed E-state index contributed by atoms with van der Waals surface area (Å²) in [5, 5.41) is 0. The maximum atomic E-state index is 12.9. The van der Waals surface area contributed by atoms with Gasteiger partial charge in [0.1, 0.15) is 5.60 Å².